The van der Waals surface area contributed by atoms with Gasteiger partial charge in [-0.15, -0.1) is 0 Å². The quantitative estimate of drug-likeness (QED) is 0.744. The molecule has 0 radical (unpaired) electrons. The second kappa shape index (κ2) is 7.11. The summed E-state index contributed by atoms with van der Waals surface area (Å²) >= 11 is 11.6. The number of aliphatic hydroxyl groups is 1. The fraction of sp³-hybridized carbons (Fsp3) is 0.429. The van der Waals surface area contributed by atoms with Crippen LogP contribution >= 0.6 is 23.2 Å². The number of nitrogens with one attached hydrogen (secondary N) is 2. The number of carbonyl (C=O) groups is 2. The summed E-state index contributed by atoms with van der Waals surface area (Å²) in [6.45, 7) is 5.49. The largest absolute Gasteiger partial charge is 0.391 e. The molecule has 0 spiro atoms. The molecule has 2 amide bonds. The molecular weight excluding hydrogens is 315 g/mol. The topological polar surface area (TPSA) is 78.4 Å². The van der Waals surface area contributed by atoms with Gasteiger partial charge in [-0.05, 0) is 23.6 Å². The standard InChI is InChI=1S/C14H18Cl2N2O3/c1-14(2,3)11(19)7-17-12(20)13(21)18-10-5-8(15)4-9(16)6-10/h4-6,11,19H,7H2,1-3H3,(H,17,20)(H,18,21)/t11-/m0/s1. The van der Waals surface area contributed by atoms with E-state index in [1.807, 2.05) is 20.8 Å². The lowest BCUT2D eigenvalue weighted by atomic mass is 9.89. The first kappa shape index (κ1) is 17.8. The van der Waals surface area contributed by atoms with Gasteiger partial charge < -0.3 is 15.7 Å². The number of benzene rings is 1. The predicted molar refractivity (Wildman–Crippen MR) is 83.6 cm³/mol. The number of carbonyl (C=O) groups excluding carboxylic acids is 2. The molecule has 0 unspecified atom stereocenters. The van der Waals surface area contributed by atoms with E-state index < -0.39 is 17.9 Å². The van der Waals surface area contributed by atoms with Crippen molar-refractivity contribution in [3.63, 3.8) is 0 Å². The molecule has 0 heterocycles. The van der Waals surface area contributed by atoms with Crippen LogP contribution in [0.5, 0.6) is 0 Å². The van der Waals surface area contributed by atoms with Crippen LogP contribution in [0.25, 0.3) is 0 Å². The maximum absolute atomic E-state index is 11.7. The zero-order valence-electron chi connectivity index (χ0n) is 12.0. The summed E-state index contributed by atoms with van der Waals surface area (Å²) in [5.41, 5.74) is -0.0615. The van der Waals surface area contributed by atoms with E-state index in [0.717, 1.165) is 0 Å². The van der Waals surface area contributed by atoms with Crippen molar-refractivity contribution in [2.24, 2.45) is 5.41 Å². The van der Waals surface area contributed by atoms with Gasteiger partial charge in [0.1, 0.15) is 0 Å². The Hall–Kier alpha value is -1.30. The van der Waals surface area contributed by atoms with Gasteiger partial charge in [0.15, 0.2) is 0 Å². The van der Waals surface area contributed by atoms with E-state index >= 15 is 0 Å². The van der Waals surface area contributed by atoms with Crippen molar-refractivity contribution in [3.8, 4) is 0 Å². The van der Waals surface area contributed by atoms with Crippen LogP contribution in [0, 0.1) is 5.41 Å². The highest BCUT2D eigenvalue weighted by molar-refractivity contribution is 6.40. The zero-order valence-corrected chi connectivity index (χ0v) is 13.5. The normalized spacial score (nSPS) is 12.7. The second-order valence-corrected chi connectivity index (χ2v) is 6.58. The molecular formula is C14H18Cl2N2O3. The minimum Gasteiger partial charge on any atom is -0.391 e. The minimum absolute atomic E-state index is 0.00788. The van der Waals surface area contributed by atoms with Gasteiger partial charge in [0.05, 0.1) is 6.10 Å². The lowest BCUT2D eigenvalue weighted by molar-refractivity contribution is -0.136. The van der Waals surface area contributed by atoms with E-state index in [2.05, 4.69) is 10.6 Å². The van der Waals surface area contributed by atoms with Crippen LogP contribution in [-0.4, -0.2) is 29.6 Å². The number of hydrogen-bond acceptors (Lipinski definition) is 3. The number of anilines is 1. The molecule has 1 rings (SSSR count). The van der Waals surface area contributed by atoms with Crippen LogP contribution in [0.3, 0.4) is 0 Å². The molecule has 1 atom stereocenters. The first-order valence-electron chi connectivity index (χ1n) is 6.33. The van der Waals surface area contributed by atoms with Gasteiger partial charge in [0, 0.05) is 22.3 Å². The molecule has 1 aromatic carbocycles. The molecule has 7 heteroatoms. The van der Waals surface area contributed by atoms with Crippen LogP contribution < -0.4 is 10.6 Å². The number of halogens is 2. The average molecular weight is 333 g/mol. The highest BCUT2D eigenvalue weighted by Crippen LogP contribution is 2.22. The Bertz CT molecular complexity index is 521. The highest BCUT2D eigenvalue weighted by Gasteiger charge is 2.23. The summed E-state index contributed by atoms with van der Waals surface area (Å²) < 4.78 is 0. The van der Waals surface area contributed by atoms with Crippen LogP contribution in [-0.2, 0) is 9.59 Å². The van der Waals surface area contributed by atoms with Crippen molar-refractivity contribution >= 4 is 40.7 Å². The summed E-state index contributed by atoms with van der Waals surface area (Å²) in [5.74, 6) is -1.69. The number of rotatable bonds is 3. The molecule has 0 saturated heterocycles. The maximum Gasteiger partial charge on any atom is 0.313 e. The van der Waals surface area contributed by atoms with E-state index in [-0.39, 0.29) is 12.0 Å². The molecule has 3 N–H and O–H groups in total. The molecule has 0 aliphatic heterocycles. The Kier molecular flexibility index (Phi) is 6.01. The van der Waals surface area contributed by atoms with E-state index in [1.54, 1.807) is 0 Å². The van der Waals surface area contributed by atoms with Crippen LogP contribution in [0.1, 0.15) is 20.8 Å². The maximum atomic E-state index is 11.7. The molecule has 0 aliphatic carbocycles. The molecule has 21 heavy (non-hydrogen) atoms. The first-order chi connectivity index (χ1) is 9.59. The van der Waals surface area contributed by atoms with E-state index in [0.29, 0.717) is 15.7 Å². The molecule has 5 nitrogen and oxygen atoms in total. The molecule has 0 aromatic heterocycles. The smallest absolute Gasteiger partial charge is 0.313 e. The zero-order chi connectivity index (χ0) is 16.2. The van der Waals surface area contributed by atoms with E-state index in [9.17, 15) is 14.7 Å². The SMILES string of the molecule is CC(C)(C)[C@@H](O)CNC(=O)C(=O)Nc1cc(Cl)cc(Cl)c1. The molecule has 1 aromatic rings. The first-order valence-corrected chi connectivity index (χ1v) is 7.08. The molecule has 0 aliphatic rings. The number of hydrogen-bond donors (Lipinski definition) is 3. The fourth-order valence-corrected chi connectivity index (χ4v) is 1.92. The Balaban J connectivity index is 2.57. The van der Waals surface area contributed by atoms with Crippen molar-refractivity contribution < 1.29 is 14.7 Å². The van der Waals surface area contributed by atoms with Gasteiger partial charge in [-0.2, -0.15) is 0 Å². The van der Waals surface area contributed by atoms with Crippen molar-refractivity contribution in [2.75, 3.05) is 11.9 Å². The number of amides is 2. The van der Waals surface area contributed by atoms with Crippen molar-refractivity contribution in [3.05, 3.63) is 28.2 Å². The van der Waals surface area contributed by atoms with Crippen LogP contribution in [0.15, 0.2) is 18.2 Å². The van der Waals surface area contributed by atoms with E-state index in [4.69, 9.17) is 23.2 Å². The summed E-state index contributed by atoms with van der Waals surface area (Å²) in [4.78, 5) is 23.4. The Labute approximate surface area is 133 Å². The van der Waals surface area contributed by atoms with Gasteiger partial charge in [0.2, 0.25) is 0 Å². The Morgan fingerprint density at radius 1 is 1.14 bits per heavy atom. The van der Waals surface area contributed by atoms with Gasteiger partial charge in [0.25, 0.3) is 0 Å². The molecule has 0 bridgehead atoms. The van der Waals surface area contributed by atoms with Gasteiger partial charge in [-0.1, -0.05) is 44.0 Å². The van der Waals surface area contributed by atoms with Gasteiger partial charge >= 0.3 is 11.8 Å². The van der Waals surface area contributed by atoms with Crippen LogP contribution in [0.2, 0.25) is 10.0 Å². The Morgan fingerprint density at radius 2 is 1.67 bits per heavy atom. The third-order valence-electron chi connectivity index (χ3n) is 2.78. The monoisotopic (exact) mass is 332 g/mol. The van der Waals surface area contributed by atoms with Crippen LogP contribution in [0.4, 0.5) is 5.69 Å². The fourth-order valence-electron chi connectivity index (χ4n) is 1.39. The summed E-state index contributed by atoms with van der Waals surface area (Å²) in [6.07, 6.45) is -0.755. The second-order valence-electron chi connectivity index (χ2n) is 5.70. The summed E-state index contributed by atoms with van der Waals surface area (Å²) in [6, 6.07) is 4.46. The van der Waals surface area contributed by atoms with Crippen molar-refractivity contribution in [1.82, 2.24) is 5.32 Å². The minimum atomic E-state index is -0.852. The average Bonchev–Trinajstić information content (AvgIpc) is 2.32. The predicted octanol–water partition coefficient (Wildman–Crippen LogP) is 2.46. The third kappa shape index (κ3) is 5.91. The lowest BCUT2D eigenvalue weighted by Crippen LogP contribution is -2.43. The number of aliphatic hydroxyl groups excluding tert-OH is 1. The van der Waals surface area contributed by atoms with E-state index in [1.165, 1.54) is 18.2 Å². The van der Waals surface area contributed by atoms with Crippen molar-refractivity contribution in [2.45, 2.75) is 26.9 Å². The molecule has 116 valence electrons. The Morgan fingerprint density at radius 3 is 2.14 bits per heavy atom. The van der Waals surface area contributed by atoms with Crippen molar-refractivity contribution in [1.29, 1.82) is 0 Å². The molecule has 0 saturated carbocycles. The molecule has 0 fully saturated rings. The summed E-state index contributed by atoms with van der Waals surface area (Å²) in [7, 11) is 0. The lowest BCUT2D eigenvalue weighted by Gasteiger charge is -2.25. The van der Waals surface area contributed by atoms with Gasteiger partial charge in [-0.3, -0.25) is 9.59 Å². The van der Waals surface area contributed by atoms with Gasteiger partial charge in [-0.25, -0.2) is 0 Å². The summed E-state index contributed by atoms with van der Waals surface area (Å²) in [5, 5.41) is 15.3. The highest BCUT2D eigenvalue weighted by atomic mass is 35.5. The third-order valence-corrected chi connectivity index (χ3v) is 3.22.